The summed E-state index contributed by atoms with van der Waals surface area (Å²) < 4.78 is 8.01. The van der Waals surface area contributed by atoms with Crippen LogP contribution in [-0.2, 0) is 36.0 Å². The van der Waals surface area contributed by atoms with Crippen molar-refractivity contribution in [1.82, 2.24) is 40.3 Å². The second kappa shape index (κ2) is 21.5. The summed E-state index contributed by atoms with van der Waals surface area (Å²) in [7, 11) is 5.24. The third kappa shape index (κ3) is 9.89. The summed E-state index contributed by atoms with van der Waals surface area (Å²) in [6.07, 6.45) is 0.893. The SMILES string of the molecule is CON=C(C(=O)NC1C(=O)N2C(C(=O)OC(c3ccccc3)c3ccccc3)=C(C=C(S)c3nnnn3CCN(C)C)CSC12)c1csc(NC(c2ccccc2)(c2ccccc2)c2ccccc2)n1. The zero-order valence-electron chi connectivity index (χ0n) is 38.3. The molecular formula is C52H48N10O5S3. The highest BCUT2D eigenvalue weighted by molar-refractivity contribution is 8.00. The quantitative estimate of drug-likeness (QED) is 0.0195. The monoisotopic (exact) mass is 988 g/mol. The normalized spacial score (nSPS) is 16.2. The second-order valence-electron chi connectivity index (χ2n) is 16.5. The number of nitrogens with one attached hydrogen (secondary N) is 2. The number of esters is 1. The highest BCUT2D eigenvalue weighted by atomic mass is 32.2. The van der Waals surface area contributed by atoms with Crippen LogP contribution in [0.15, 0.2) is 180 Å². The second-order valence-corrected chi connectivity index (χ2v) is 19.0. The van der Waals surface area contributed by atoms with E-state index in [2.05, 4.69) is 67.7 Å². The van der Waals surface area contributed by atoms with Crippen LogP contribution in [0.4, 0.5) is 5.13 Å². The van der Waals surface area contributed by atoms with E-state index in [1.54, 1.807) is 16.1 Å². The van der Waals surface area contributed by atoms with Crippen molar-refractivity contribution in [2.45, 2.75) is 29.6 Å². The Morgan fingerprint density at radius 2 is 1.43 bits per heavy atom. The van der Waals surface area contributed by atoms with Crippen molar-refractivity contribution in [3.8, 4) is 0 Å². The molecule has 0 aliphatic carbocycles. The molecule has 70 heavy (non-hydrogen) atoms. The number of oxime groups is 1. The van der Waals surface area contributed by atoms with Crippen LogP contribution in [0.3, 0.4) is 0 Å². The number of thiazole rings is 1. The van der Waals surface area contributed by atoms with E-state index in [0.717, 1.165) is 27.8 Å². The van der Waals surface area contributed by atoms with Crippen molar-refractivity contribution >= 4 is 69.3 Å². The van der Waals surface area contributed by atoms with Crippen molar-refractivity contribution in [1.29, 1.82) is 0 Å². The van der Waals surface area contributed by atoms with Gasteiger partial charge in [-0.05, 0) is 64.0 Å². The number of ether oxygens (including phenoxy) is 1. The third-order valence-electron chi connectivity index (χ3n) is 11.8. The van der Waals surface area contributed by atoms with Gasteiger partial charge in [0.25, 0.3) is 11.8 Å². The number of thioether (sulfide) groups is 1. The Hall–Kier alpha value is -7.38. The molecule has 2 unspecified atom stereocenters. The van der Waals surface area contributed by atoms with Gasteiger partial charge in [-0.25, -0.2) is 14.5 Å². The minimum Gasteiger partial charge on any atom is -0.448 e. The Balaban J connectivity index is 1.01. The maximum Gasteiger partial charge on any atom is 0.356 e. The van der Waals surface area contributed by atoms with Crippen LogP contribution in [0.2, 0.25) is 0 Å². The van der Waals surface area contributed by atoms with E-state index in [-0.39, 0.29) is 22.9 Å². The van der Waals surface area contributed by atoms with Crippen molar-refractivity contribution in [3.63, 3.8) is 0 Å². The number of nitrogens with zero attached hydrogens (tertiary/aromatic N) is 8. The van der Waals surface area contributed by atoms with Crippen LogP contribution < -0.4 is 10.6 Å². The molecule has 7 aromatic rings. The number of fused-ring (bicyclic) bond motifs is 1. The van der Waals surface area contributed by atoms with Crippen LogP contribution in [0, 0.1) is 0 Å². The average Bonchev–Trinajstić information content (AvgIpc) is 4.08. The molecule has 2 aromatic heterocycles. The van der Waals surface area contributed by atoms with Gasteiger partial charge in [0, 0.05) is 17.7 Å². The number of thiol groups is 1. The lowest BCUT2D eigenvalue weighted by atomic mass is 9.77. The first-order valence-electron chi connectivity index (χ1n) is 22.3. The molecule has 4 heterocycles. The average molecular weight is 989 g/mol. The van der Waals surface area contributed by atoms with E-state index in [9.17, 15) is 14.4 Å². The number of allylic oxidation sites excluding steroid dienone is 1. The number of anilines is 1. The highest BCUT2D eigenvalue weighted by Crippen LogP contribution is 2.44. The standard InChI is InChI=1S/C52H48N10O5S3/c1-60(2)29-30-61-46(56-58-59-61)41(68)31-36-32-69-49-43(48(64)62(49)44(36)50(65)67-45(34-19-9-4-10-20-34)35-21-11-5-12-22-35)54-47(63)42(57-66-3)40-33-70-51(53-40)55-52(37-23-13-6-14-24-37,38-25-15-7-16-26-38)39-27-17-8-18-28-39/h4-28,31,33,43,45,49,68H,29-30,32H2,1-3H3,(H,53,55)(H,54,63). The van der Waals surface area contributed by atoms with Crippen molar-refractivity contribution in [2.24, 2.45) is 5.16 Å². The topological polar surface area (TPSA) is 169 Å². The van der Waals surface area contributed by atoms with Gasteiger partial charge in [0.2, 0.25) is 0 Å². The molecule has 2 amide bonds. The molecule has 2 aliphatic rings. The zero-order chi connectivity index (χ0) is 48.6. The molecule has 2 atom stereocenters. The number of carbonyl (C=O) groups excluding carboxylic acids is 3. The molecule has 9 rings (SSSR count). The number of β-lactam (4-membered cyclic amide) rings is 1. The summed E-state index contributed by atoms with van der Waals surface area (Å²) in [4.78, 5) is 57.5. The number of tetrazole rings is 1. The van der Waals surface area contributed by atoms with Crippen molar-refractivity contribution in [2.75, 3.05) is 38.8 Å². The van der Waals surface area contributed by atoms with E-state index in [1.807, 2.05) is 134 Å². The largest absolute Gasteiger partial charge is 0.448 e. The lowest BCUT2D eigenvalue weighted by molar-refractivity contribution is -0.154. The molecular weight excluding hydrogens is 941 g/mol. The number of hydrogen-bond donors (Lipinski definition) is 3. The molecule has 0 spiro atoms. The van der Waals surface area contributed by atoms with Crippen LogP contribution in [0.25, 0.3) is 4.91 Å². The number of likely N-dealkylation sites (N-methyl/N-ethyl adjacent to an activating group) is 1. The number of carbonyl (C=O) groups is 3. The Morgan fingerprint density at radius 1 is 0.871 bits per heavy atom. The lowest BCUT2D eigenvalue weighted by Crippen LogP contribution is -2.71. The molecule has 0 saturated carbocycles. The number of benzene rings is 5. The van der Waals surface area contributed by atoms with Gasteiger partial charge < -0.3 is 25.1 Å². The molecule has 2 aliphatic heterocycles. The maximum absolute atomic E-state index is 14.8. The molecule has 5 aromatic carbocycles. The summed E-state index contributed by atoms with van der Waals surface area (Å²) in [6.45, 7) is 1.16. The predicted octanol–water partition coefficient (Wildman–Crippen LogP) is 7.40. The number of hydrogen-bond acceptors (Lipinski definition) is 15. The van der Waals surface area contributed by atoms with E-state index in [1.165, 1.54) is 35.1 Å². The lowest BCUT2D eigenvalue weighted by Gasteiger charge is -2.49. The first-order chi connectivity index (χ1) is 34.2. The van der Waals surface area contributed by atoms with Gasteiger partial charge in [-0.2, -0.15) is 0 Å². The van der Waals surface area contributed by atoms with Crippen molar-refractivity contribution < 1.29 is 24.0 Å². The Morgan fingerprint density at radius 3 is 1.97 bits per heavy atom. The van der Waals surface area contributed by atoms with Gasteiger partial charge in [0.05, 0.1) is 11.4 Å². The minimum absolute atomic E-state index is 0.0229. The molecule has 2 N–H and O–H groups in total. The van der Waals surface area contributed by atoms with Crippen LogP contribution in [-0.4, -0.2) is 103 Å². The van der Waals surface area contributed by atoms with Crippen LogP contribution in [0.1, 0.15) is 45.4 Å². The van der Waals surface area contributed by atoms with Crippen LogP contribution in [0.5, 0.6) is 0 Å². The Kier molecular flexibility index (Phi) is 14.6. The van der Waals surface area contributed by atoms with E-state index < -0.39 is 40.8 Å². The molecule has 0 bridgehead atoms. The number of rotatable bonds is 18. The summed E-state index contributed by atoms with van der Waals surface area (Å²) in [6, 6.07) is 48.0. The van der Waals surface area contributed by atoms with Crippen LogP contribution >= 0.6 is 35.7 Å². The first-order valence-corrected chi connectivity index (χ1v) is 24.7. The van der Waals surface area contributed by atoms with Gasteiger partial charge in [-0.1, -0.05) is 157 Å². The van der Waals surface area contributed by atoms with Gasteiger partial charge in [0.1, 0.15) is 35.5 Å². The van der Waals surface area contributed by atoms with E-state index in [0.29, 0.717) is 34.5 Å². The fourth-order valence-corrected chi connectivity index (χ4v) is 10.8. The van der Waals surface area contributed by atoms with Gasteiger partial charge >= 0.3 is 5.97 Å². The van der Waals surface area contributed by atoms with Gasteiger partial charge in [-0.15, -0.1) is 40.8 Å². The maximum atomic E-state index is 14.8. The molecule has 1 saturated heterocycles. The first kappa shape index (κ1) is 47.7. The summed E-state index contributed by atoms with van der Waals surface area (Å²) in [5.41, 5.74) is 4.12. The fourth-order valence-electron chi connectivity index (χ4n) is 8.44. The van der Waals surface area contributed by atoms with Gasteiger partial charge in [-0.3, -0.25) is 14.5 Å². The molecule has 1 fully saturated rings. The molecule has 18 heteroatoms. The van der Waals surface area contributed by atoms with Gasteiger partial charge in [0.15, 0.2) is 22.8 Å². The predicted molar refractivity (Wildman–Crippen MR) is 275 cm³/mol. The Bertz CT molecular complexity index is 2910. The smallest absolute Gasteiger partial charge is 0.356 e. The third-order valence-corrected chi connectivity index (χ3v) is 14.2. The van der Waals surface area contributed by atoms with E-state index in [4.69, 9.17) is 27.2 Å². The molecule has 354 valence electrons. The summed E-state index contributed by atoms with van der Waals surface area (Å²) in [5, 5.41) is 24.5. The summed E-state index contributed by atoms with van der Waals surface area (Å²) >= 11 is 7.49. The molecule has 0 radical (unpaired) electrons. The number of aromatic nitrogens is 5. The Labute approximate surface area is 418 Å². The molecule has 15 nitrogen and oxygen atoms in total. The zero-order valence-corrected chi connectivity index (χ0v) is 40.9. The highest BCUT2D eigenvalue weighted by Gasteiger charge is 2.55. The van der Waals surface area contributed by atoms with Crippen molar-refractivity contribution in [3.05, 3.63) is 214 Å². The minimum atomic E-state index is -1.04. The van der Waals surface area contributed by atoms with E-state index >= 15 is 0 Å². The summed E-state index contributed by atoms with van der Waals surface area (Å²) in [5.74, 6) is -1.30. The number of amides is 2. The fraction of sp³-hybridized carbons (Fsp3) is 0.192.